The topological polar surface area (TPSA) is 52.0 Å². The SMILES string of the molecule is CC.CC.CCOc1ccc(Cc2cc3cc(NC)cnc3n2CC2CCCCC2)nc1. The van der Waals surface area contributed by atoms with E-state index < -0.39 is 0 Å². The largest absolute Gasteiger partial charge is 0.492 e. The van der Waals surface area contributed by atoms with E-state index in [1.165, 1.54) is 43.2 Å². The maximum absolute atomic E-state index is 5.52. The molecule has 5 heteroatoms. The third-order valence-electron chi connectivity index (χ3n) is 5.74. The Balaban J connectivity index is 0.000000860. The van der Waals surface area contributed by atoms with Crippen LogP contribution < -0.4 is 10.1 Å². The molecule has 0 spiro atoms. The van der Waals surface area contributed by atoms with E-state index in [2.05, 4.69) is 33.1 Å². The van der Waals surface area contributed by atoms with Gasteiger partial charge in [0.2, 0.25) is 0 Å². The van der Waals surface area contributed by atoms with Crippen LogP contribution in [-0.4, -0.2) is 28.2 Å². The summed E-state index contributed by atoms with van der Waals surface area (Å²) in [7, 11) is 1.94. The first-order valence-electron chi connectivity index (χ1n) is 12.5. The molecule has 4 rings (SSSR count). The average molecular weight is 439 g/mol. The Bertz CT molecular complexity index is 911. The number of aromatic nitrogens is 3. The van der Waals surface area contributed by atoms with E-state index in [0.29, 0.717) is 6.61 Å². The Morgan fingerprint density at radius 3 is 2.38 bits per heavy atom. The quantitative estimate of drug-likeness (QED) is 0.427. The monoisotopic (exact) mass is 438 g/mol. The second kappa shape index (κ2) is 13.8. The molecule has 0 aliphatic heterocycles. The number of nitrogens with one attached hydrogen (secondary N) is 1. The van der Waals surface area contributed by atoms with Crippen LogP contribution in [0.15, 0.2) is 36.7 Å². The van der Waals surface area contributed by atoms with Crippen LogP contribution >= 0.6 is 0 Å². The summed E-state index contributed by atoms with van der Waals surface area (Å²) in [4.78, 5) is 9.39. The summed E-state index contributed by atoms with van der Waals surface area (Å²) in [5.41, 5.74) is 4.49. The fourth-order valence-electron chi connectivity index (χ4n) is 4.27. The number of nitrogens with zero attached hydrogens (tertiary/aromatic N) is 3. The Kier molecular flexibility index (Phi) is 11.1. The van der Waals surface area contributed by atoms with Gasteiger partial charge in [0.05, 0.1) is 24.7 Å². The van der Waals surface area contributed by atoms with Crippen molar-refractivity contribution in [2.75, 3.05) is 19.0 Å². The zero-order valence-electron chi connectivity index (χ0n) is 20.9. The molecule has 0 bridgehead atoms. The fraction of sp³-hybridized carbons (Fsp3) is 0.556. The molecule has 3 heterocycles. The molecule has 0 radical (unpaired) electrons. The molecule has 1 aliphatic carbocycles. The van der Waals surface area contributed by atoms with Crippen molar-refractivity contribution in [3.63, 3.8) is 0 Å². The summed E-state index contributed by atoms with van der Waals surface area (Å²) in [6.45, 7) is 11.7. The van der Waals surface area contributed by atoms with E-state index in [1.807, 2.05) is 60.1 Å². The predicted molar refractivity (Wildman–Crippen MR) is 137 cm³/mol. The molecule has 0 unspecified atom stereocenters. The van der Waals surface area contributed by atoms with Crippen LogP contribution in [0, 0.1) is 5.92 Å². The molecule has 3 aromatic heterocycles. The molecular formula is C27H42N4O. The Labute approximate surface area is 194 Å². The molecule has 0 amide bonds. The molecule has 3 aromatic rings. The lowest BCUT2D eigenvalue weighted by Gasteiger charge is -2.23. The number of hydrogen-bond donors (Lipinski definition) is 1. The second-order valence-corrected chi connectivity index (χ2v) is 7.73. The van der Waals surface area contributed by atoms with Crippen molar-refractivity contribution in [1.82, 2.24) is 14.5 Å². The standard InChI is InChI=1S/C23H30N4O.2C2H6/c1-3-28-22-10-9-19(25-15-22)13-21-12-18-11-20(24-2)14-26-23(18)27(21)16-17-7-5-4-6-8-17;2*1-2/h9-12,14-15,17,24H,3-8,13,16H2,1-2H3;2*1-2H3. The highest BCUT2D eigenvalue weighted by Gasteiger charge is 2.18. The van der Waals surface area contributed by atoms with E-state index in [1.54, 1.807) is 0 Å². The molecule has 5 nitrogen and oxygen atoms in total. The van der Waals surface area contributed by atoms with Gasteiger partial charge in [-0.05, 0) is 49.9 Å². The molecule has 1 aliphatic rings. The van der Waals surface area contributed by atoms with Gasteiger partial charge in [-0.25, -0.2) is 4.98 Å². The minimum Gasteiger partial charge on any atom is -0.492 e. The third kappa shape index (κ3) is 6.72. The lowest BCUT2D eigenvalue weighted by atomic mass is 9.89. The van der Waals surface area contributed by atoms with Crippen LogP contribution in [0.4, 0.5) is 5.69 Å². The molecule has 0 aromatic carbocycles. The Morgan fingerprint density at radius 1 is 1.00 bits per heavy atom. The van der Waals surface area contributed by atoms with E-state index in [4.69, 9.17) is 9.72 Å². The number of anilines is 1. The summed E-state index contributed by atoms with van der Waals surface area (Å²) < 4.78 is 7.96. The van der Waals surface area contributed by atoms with E-state index in [9.17, 15) is 0 Å². The number of fused-ring (bicyclic) bond motifs is 1. The van der Waals surface area contributed by atoms with Crippen LogP contribution in [0.5, 0.6) is 5.75 Å². The maximum Gasteiger partial charge on any atom is 0.140 e. The lowest BCUT2D eigenvalue weighted by molar-refractivity contribution is 0.320. The van der Waals surface area contributed by atoms with Crippen LogP contribution in [0.2, 0.25) is 0 Å². The van der Waals surface area contributed by atoms with Crippen molar-refractivity contribution in [3.05, 3.63) is 48.0 Å². The smallest absolute Gasteiger partial charge is 0.140 e. The number of rotatable bonds is 7. The van der Waals surface area contributed by atoms with Gasteiger partial charge < -0.3 is 14.6 Å². The molecule has 0 saturated heterocycles. The van der Waals surface area contributed by atoms with Crippen LogP contribution in [0.3, 0.4) is 0 Å². The zero-order chi connectivity index (χ0) is 23.3. The first-order chi connectivity index (χ1) is 15.8. The van der Waals surface area contributed by atoms with Gasteiger partial charge in [-0.3, -0.25) is 4.98 Å². The maximum atomic E-state index is 5.52. The van der Waals surface area contributed by atoms with Gasteiger partial charge in [-0.1, -0.05) is 47.0 Å². The summed E-state index contributed by atoms with van der Waals surface area (Å²) in [6.07, 6.45) is 11.3. The summed E-state index contributed by atoms with van der Waals surface area (Å²) in [5, 5.41) is 4.40. The lowest BCUT2D eigenvalue weighted by Crippen LogP contribution is -2.16. The second-order valence-electron chi connectivity index (χ2n) is 7.73. The van der Waals surface area contributed by atoms with Gasteiger partial charge in [-0.15, -0.1) is 0 Å². The highest BCUT2D eigenvalue weighted by atomic mass is 16.5. The zero-order valence-corrected chi connectivity index (χ0v) is 20.9. The molecule has 1 saturated carbocycles. The number of hydrogen-bond acceptors (Lipinski definition) is 4. The van der Waals surface area contributed by atoms with Crippen LogP contribution in [0.1, 0.15) is 78.1 Å². The van der Waals surface area contributed by atoms with E-state index in [0.717, 1.165) is 41.7 Å². The summed E-state index contributed by atoms with van der Waals surface area (Å²) in [6, 6.07) is 8.55. The van der Waals surface area contributed by atoms with E-state index in [-0.39, 0.29) is 0 Å². The first-order valence-corrected chi connectivity index (χ1v) is 12.5. The van der Waals surface area contributed by atoms with Crippen molar-refractivity contribution in [1.29, 1.82) is 0 Å². The third-order valence-corrected chi connectivity index (χ3v) is 5.74. The van der Waals surface area contributed by atoms with Gasteiger partial charge in [0.15, 0.2) is 0 Å². The normalized spacial score (nSPS) is 13.6. The van der Waals surface area contributed by atoms with Crippen molar-refractivity contribution in [3.8, 4) is 5.75 Å². The minimum absolute atomic E-state index is 0.663. The van der Waals surface area contributed by atoms with Crippen molar-refractivity contribution < 1.29 is 4.74 Å². The van der Waals surface area contributed by atoms with Gasteiger partial charge >= 0.3 is 0 Å². The summed E-state index contributed by atoms with van der Waals surface area (Å²) in [5.74, 6) is 1.58. The molecular weight excluding hydrogens is 396 g/mol. The number of ether oxygens (including phenoxy) is 1. The Morgan fingerprint density at radius 2 is 1.75 bits per heavy atom. The number of pyridine rings is 2. The van der Waals surface area contributed by atoms with Crippen LogP contribution in [0.25, 0.3) is 11.0 Å². The highest BCUT2D eigenvalue weighted by Crippen LogP contribution is 2.29. The van der Waals surface area contributed by atoms with Crippen molar-refractivity contribution >= 4 is 16.7 Å². The first kappa shape index (κ1) is 25.7. The molecule has 176 valence electrons. The molecule has 1 N–H and O–H groups in total. The van der Waals surface area contributed by atoms with Gasteiger partial charge in [0.25, 0.3) is 0 Å². The molecule has 1 fully saturated rings. The van der Waals surface area contributed by atoms with Gasteiger partial charge in [0, 0.05) is 36.8 Å². The molecule has 0 atom stereocenters. The predicted octanol–water partition coefficient (Wildman–Crippen LogP) is 7.10. The molecule has 32 heavy (non-hydrogen) atoms. The van der Waals surface area contributed by atoms with Gasteiger partial charge in [-0.2, -0.15) is 0 Å². The summed E-state index contributed by atoms with van der Waals surface area (Å²) >= 11 is 0. The minimum atomic E-state index is 0.663. The average Bonchev–Trinajstić information content (AvgIpc) is 3.19. The van der Waals surface area contributed by atoms with Gasteiger partial charge in [0.1, 0.15) is 11.4 Å². The van der Waals surface area contributed by atoms with Crippen molar-refractivity contribution in [2.24, 2.45) is 5.92 Å². The fourth-order valence-corrected chi connectivity index (χ4v) is 4.27. The van der Waals surface area contributed by atoms with Crippen LogP contribution in [-0.2, 0) is 13.0 Å². The Hall–Kier alpha value is -2.56. The van der Waals surface area contributed by atoms with Crippen molar-refractivity contribution in [2.45, 2.75) is 79.7 Å². The highest BCUT2D eigenvalue weighted by molar-refractivity contribution is 5.81. The van der Waals surface area contributed by atoms with E-state index >= 15 is 0 Å².